The largest absolute Gasteiger partial charge is 0.465 e. The third-order valence-corrected chi connectivity index (χ3v) is 6.77. The summed E-state index contributed by atoms with van der Waals surface area (Å²) in [6.07, 6.45) is 5.25. The van der Waals surface area contributed by atoms with Crippen molar-refractivity contribution in [3.05, 3.63) is 29.8 Å². The molecule has 0 aliphatic heterocycles. The van der Waals surface area contributed by atoms with Gasteiger partial charge in [0.25, 0.3) is 0 Å². The molecule has 0 bridgehead atoms. The molecule has 1 fully saturated rings. The van der Waals surface area contributed by atoms with E-state index in [1.165, 1.54) is 0 Å². The van der Waals surface area contributed by atoms with E-state index < -0.39 is 0 Å². The fraction of sp³-hybridized carbons (Fsp3) is 0.542. The molecule has 7 nitrogen and oxygen atoms in total. The third kappa shape index (κ3) is 6.05. The van der Waals surface area contributed by atoms with Gasteiger partial charge in [-0.2, -0.15) is 0 Å². The van der Waals surface area contributed by atoms with E-state index in [4.69, 9.17) is 13.9 Å². The summed E-state index contributed by atoms with van der Waals surface area (Å²) in [7, 11) is 3.90. The number of esters is 1. The highest BCUT2D eigenvalue weighted by Crippen LogP contribution is 2.44. The van der Waals surface area contributed by atoms with Crippen LogP contribution < -0.4 is 4.90 Å². The monoisotopic (exact) mass is 457 g/mol. The SMILES string of the molecule is CCOC(=O)C1(SCC#CCOCCc2nc(-c3ccc(N(C)C)nc3)oc2C)CCC1. The van der Waals surface area contributed by atoms with E-state index >= 15 is 0 Å². The second-order valence-corrected chi connectivity index (χ2v) is 9.19. The van der Waals surface area contributed by atoms with E-state index in [1.807, 2.05) is 45.0 Å². The molecule has 32 heavy (non-hydrogen) atoms. The Morgan fingerprint density at radius 2 is 2.12 bits per heavy atom. The lowest BCUT2D eigenvalue weighted by molar-refractivity contribution is -0.148. The van der Waals surface area contributed by atoms with Gasteiger partial charge in [-0.05, 0) is 45.2 Å². The van der Waals surface area contributed by atoms with E-state index in [-0.39, 0.29) is 10.7 Å². The minimum atomic E-state index is -0.379. The molecule has 0 aromatic carbocycles. The molecule has 0 unspecified atom stereocenters. The molecular weight excluding hydrogens is 426 g/mol. The first-order chi connectivity index (χ1) is 15.4. The predicted octanol–water partition coefficient (Wildman–Crippen LogP) is 3.89. The summed E-state index contributed by atoms with van der Waals surface area (Å²) in [4.78, 5) is 23.1. The van der Waals surface area contributed by atoms with Crippen molar-refractivity contribution >= 4 is 23.5 Å². The number of hydrogen-bond donors (Lipinski definition) is 0. The van der Waals surface area contributed by atoms with Gasteiger partial charge in [-0.3, -0.25) is 4.79 Å². The first kappa shape index (κ1) is 24.1. The van der Waals surface area contributed by atoms with Crippen LogP contribution in [0.5, 0.6) is 0 Å². The average molecular weight is 458 g/mol. The molecule has 1 aliphatic carbocycles. The minimum Gasteiger partial charge on any atom is -0.465 e. The molecular formula is C24H31N3O4S. The Hall–Kier alpha value is -2.50. The van der Waals surface area contributed by atoms with Crippen LogP contribution in [0.25, 0.3) is 11.5 Å². The third-order valence-electron chi connectivity index (χ3n) is 5.36. The summed E-state index contributed by atoms with van der Waals surface area (Å²) < 4.78 is 16.3. The highest BCUT2D eigenvalue weighted by atomic mass is 32.2. The molecule has 0 amide bonds. The first-order valence-corrected chi connectivity index (χ1v) is 11.9. The van der Waals surface area contributed by atoms with Crippen molar-refractivity contribution in [1.82, 2.24) is 9.97 Å². The van der Waals surface area contributed by atoms with Gasteiger partial charge in [-0.15, -0.1) is 11.8 Å². The minimum absolute atomic E-state index is 0.0962. The second-order valence-electron chi connectivity index (χ2n) is 7.83. The Kier molecular flexibility index (Phi) is 8.60. The van der Waals surface area contributed by atoms with Crippen LogP contribution in [0.15, 0.2) is 22.7 Å². The van der Waals surface area contributed by atoms with Crippen molar-refractivity contribution in [2.75, 3.05) is 44.6 Å². The molecule has 3 rings (SSSR count). The van der Waals surface area contributed by atoms with Crippen LogP contribution in [-0.2, 0) is 20.7 Å². The molecule has 0 spiro atoms. The van der Waals surface area contributed by atoms with Crippen molar-refractivity contribution in [1.29, 1.82) is 0 Å². The van der Waals surface area contributed by atoms with Gasteiger partial charge in [-0.25, -0.2) is 9.97 Å². The van der Waals surface area contributed by atoms with Crippen LogP contribution in [0.2, 0.25) is 0 Å². The van der Waals surface area contributed by atoms with Crippen LogP contribution in [0.1, 0.15) is 37.6 Å². The van der Waals surface area contributed by atoms with Gasteiger partial charge in [0.1, 0.15) is 22.9 Å². The number of ether oxygens (including phenoxy) is 2. The van der Waals surface area contributed by atoms with Gasteiger partial charge in [-0.1, -0.05) is 11.8 Å². The number of nitrogens with zero attached hydrogens (tertiary/aromatic N) is 3. The number of aromatic nitrogens is 2. The Balaban J connectivity index is 1.40. The van der Waals surface area contributed by atoms with E-state index in [1.54, 1.807) is 18.0 Å². The topological polar surface area (TPSA) is 77.7 Å². The molecule has 1 aliphatic rings. The summed E-state index contributed by atoms with van der Waals surface area (Å²) in [5.74, 6) is 8.86. The lowest BCUT2D eigenvalue weighted by Gasteiger charge is -2.37. The number of pyridine rings is 1. The van der Waals surface area contributed by atoms with Crippen LogP contribution in [-0.4, -0.2) is 60.4 Å². The molecule has 172 valence electrons. The zero-order chi connectivity index (χ0) is 23.0. The molecule has 2 heterocycles. The fourth-order valence-electron chi connectivity index (χ4n) is 3.30. The van der Waals surface area contributed by atoms with Gasteiger partial charge in [0.15, 0.2) is 0 Å². The normalized spacial score (nSPS) is 14.2. The maximum Gasteiger partial charge on any atom is 0.322 e. The standard InChI is InChI=1S/C24H31N3O4S/c1-5-30-23(28)24(12-8-13-24)32-16-7-6-14-29-15-11-20-18(2)31-22(26-20)19-9-10-21(25-17-19)27(3)4/h9-10,17H,5,8,11-16H2,1-4H3. The van der Waals surface area contributed by atoms with Crippen LogP contribution in [0.4, 0.5) is 5.82 Å². The number of carbonyl (C=O) groups is 1. The predicted molar refractivity (Wildman–Crippen MR) is 127 cm³/mol. The van der Waals surface area contributed by atoms with Crippen molar-refractivity contribution < 1.29 is 18.7 Å². The lowest BCUT2D eigenvalue weighted by Crippen LogP contribution is -2.43. The van der Waals surface area contributed by atoms with Crippen molar-refractivity contribution in [3.63, 3.8) is 0 Å². The maximum absolute atomic E-state index is 12.1. The van der Waals surface area contributed by atoms with Crippen molar-refractivity contribution in [2.45, 2.75) is 44.3 Å². The van der Waals surface area contributed by atoms with Crippen LogP contribution in [0.3, 0.4) is 0 Å². The number of carbonyl (C=O) groups excluding carboxylic acids is 1. The Morgan fingerprint density at radius 1 is 1.31 bits per heavy atom. The van der Waals surface area contributed by atoms with E-state index in [0.717, 1.165) is 42.1 Å². The molecule has 2 aromatic heterocycles. The van der Waals surface area contributed by atoms with Gasteiger partial charge < -0.3 is 18.8 Å². The number of thioether (sulfide) groups is 1. The molecule has 0 saturated heterocycles. The summed E-state index contributed by atoms with van der Waals surface area (Å²) in [5.41, 5.74) is 1.72. The first-order valence-electron chi connectivity index (χ1n) is 10.9. The highest BCUT2D eigenvalue weighted by molar-refractivity contribution is 8.01. The Morgan fingerprint density at radius 3 is 2.75 bits per heavy atom. The maximum atomic E-state index is 12.1. The number of rotatable bonds is 10. The van der Waals surface area contributed by atoms with Crippen LogP contribution >= 0.6 is 11.8 Å². The molecule has 0 N–H and O–H groups in total. The molecule has 2 aromatic rings. The van der Waals surface area contributed by atoms with E-state index in [0.29, 0.717) is 37.9 Å². The lowest BCUT2D eigenvalue weighted by atomic mass is 9.84. The quantitative estimate of drug-likeness (QED) is 0.302. The summed E-state index contributed by atoms with van der Waals surface area (Å²) >= 11 is 1.59. The van der Waals surface area contributed by atoms with E-state index in [9.17, 15) is 4.79 Å². The van der Waals surface area contributed by atoms with Crippen molar-refractivity contribution in [3.8, 4) is 23.3 Å². The Bertz CT molecular complexity index is 956. The smallest absolute Gasteiger partial charge is 0.322 e. The number of anilines is 1. The number of aryl methyl sites for hydroxylation is 1. The Labute approximate surface area is 194 Å². The fourth-order valence-corrected chi connectivity index (χ4v) is 4.50. The van der Waals surface area contributed by atoms with E-state index in [2.05, 4.69) is 21.8 Å². The number of oxazole rings is 1. The number of hydrogen-bond acceptors (Lipinski definition) is 8. The van der Waals surface area contributed by atoms with Gasteiger partial charge in [0.2, 0.25) is 5.89 Å². The summed E-state index contributed by atoms with van der Waals surface area (Å²) in [6.45, 7) is 5.04. The summed E-state index contributed by atoms with van der Waals surface area (Å²) in [6, 6.07) is 3.89. The molecule has 1 saturated carbocycles. The van der Waals surface area contributed by atoms with Crippen molar-refractivity contribution in [2.24, 2.45) is 0 Å². The highest BCUT2D eigenvalue weighted by Gasteiger charge is 2.45. The zero-order valence-corrected chi connectivity index (χ0v) is 20.1. The average Bonchev–Trinajstić information content (AvgIpc) is 3.12. The summed E-state index contributed by atoms with van der Waals surface area (Å²) in [5, 5.41) is 0. The zero-order valence-electron chi connectivity index (χ0n) is 19.3. The molecule has 0 atom stereocenters. The second kappa shape index (κ2) is 11.4. The van der Waals surface area contributed by atoms with Gasteiger partial charge in [0.05, 0.1) is 30.2 Å². The van der Waals surface area contributed by atoms with Gasteiger partial charge >= 0.3 is 5.97 Å². The molecule has 0 radical (unpaired) electrons. The van der Waals surface area contributed by atoms with Crippen LogP contribution in [0, 0.1) is 18.8 Å². The van der Waals surface area contributed by atoms with Gasteiger partial charge in [0, 0.05) is 26.7 Å². The molecule has 8 heteroatoms.